The van der Waals surface area contributed by atoms with Crippen LogP contribution in [0.1, 0.15) is 17.9 Å². The molecule has 0 atom stereocenters. The van der Waals surface area contributed by atoms with Gasteiger partial charge in [-0.3, -0.25) is 0 Å². The van der Waals surface area contributed by atoms with Crippen LogP contribution < -0.4 is 9.47 Å². The molecule has 8 heteroatoms. The van der Waals surface area contributed by atoms with E-state index in [-0.39, 0.29) is 17.4 Å². The first kappa shape index (κ1) is 19.9. The highest BCUT2D eigenvalue weighted by atomic mass is 32.2. The molecule has 3 rings (SSSR count). The van der Waals surface area contributed by atoms with Gasteiger partial charge in [-0.25, -0.2) is 8.42 Å². The first-order valence-electron chi connectivity index (χ1n) is 8.80. The highest BCUT2D eigenvalue weighted by Gasteiger charge is 2.18. The highest BCUT2D eigenvalue weighted by molar-refractivity contribution is 7.90. The quantitative estimate of drug-likeness (QED) is 0.542. The smallest absolute Gasteiger partial charge is 0.242 e. The van der Waals surface area contributed by atoms with E-state index in [0.717, 1.165) is 5.56 Å². The van der Waals surface area contributed by atoms with E-state index in [1.54, 1.807) is 25.3 Å². The lowest BCUT2D eigenvalue weighted by Crippen LogP contribution is -2.10. The predicted octanol–water partition coefficient (Wildman–Crippen LogP) is 3.30. The molecule has 0 saturated carbocycles. The van der Waals surface area contributed by atoms with Crippen LogP contribution >= 0.6 is 0 Å². The van der Waals surface area contributed by atoms with E-state index in [2.05, 4.69) is 10.1 Å². The summed E-state index contributed by atoms with van der Waals surface area (Å²) in [6, 6.07) is 15.0. The number of hydrogen-bond acceptors (Lipinski definition) is 7. The van der Waals surface area contributed by atoms with Gasteiger partial charge >= 0.3 is 0 Å². The molecule has 0 aliphatic heterocycles. The van der Waals surface area contributed by atoms with Crippen molar-refractivity contribution in [3.63, 3.8) is 0 Å². The summed E-state index contributed by atoms with van der Waals surface area (Å²) in [4.78, 5) is 4.21. The third-order valence-electron chi connectivity index (χ3n) is 4.22. The van der Waals surface area contributed by atoms with Gasteiger partial charge in [-0.2, -0.15) is 4.98 Å². The van der Waals surface area contributed by atoms with Crippen LogP contribution in [-0.2, 0) is 22.0 Å². The van der Waals surface area contributed by atoms with Gasteiger partial charge in [0.2, 0.25) is 11.7 Å². The van der Waals surface area contributed by atoms with Crippen LogP contribution in [0.3, 0.4) is 0 Å². The summed E-state index contributed by atoms with van der Waals surface area (Å²) < 4.78 is 40.3. The van der Waals surface area contributed by atoms with E-state index < -0.39 is 9.84 Å². The molecule has 28 heavy (non-hydrogen) atoms. The standard InChI is InChI=1S/C20H22N2O5S/c1-25-17-11-10-16(13-18(17)26-2)20-21-19(27-22-20)14-28(23,24)12-6-9-15-7-4-3-5-8-15/h3-5,7-8,10-11,13H,6,9,12,14H2,1-2H3. The van der Waals surface area contributed by atoms with Crippen molar-refractivity contribution in [3.8, 4) is 22.9 Å². The molecule has 0 bridgehead atoms. The lowest BCUT2D eigenvalue weighted by atomic mass is 10.1. The molecule has 2 aromatic carbocycles. The molecular weight excluding hydrogens is 380 g/mol. The van der Waals surface area contributed by atoms with Gasteiger partial charge in [0, 0.05) is 5.56 Å². The molecule has 0 spiro atoms. The minimum atomic E-state index is -3.34. The van der Waals surface area contributed by atoms with E-state index in [9.17, 15) is 8.42 Å². The van der Waals surface area contributed by atoms with Gasteiger partial charge in [-0.05, 0) is 36.6 Å². The topological polar surface area (TPSA) is 91.5 Å². The number of rotatable bonds is 9. The maximum atomic E-state index is 12.4. The second-order valence-electron chi connectivity index (χ2n) is 6.26. The van der Waals surface area contributed by atoms with E-state index >= 15 is 0 Å². The lowest BCUT2D eigenvalue weighted by Gasteiger charge is -2.07. The molecular formula is C20H22N2O5S. The van der Waals surface area contributed by atoms with Crippen LogP contribution in [0.25, 0.3) is 11.4 Å². The first-order valence-corrected chi connectivity index (χ1v) is 10.6. The Labute approximate surface area is 164 Å². The van der Waals surface area contributed by atoms with Crippen molar-refractivity contribution < 1.29 is 22.4 Å². The van der Waals surface area contributed by atoms with Crippen LogP contribution in [0.5, 0.6) is 11.5 Å². The number of methoxy groups -OCH3 is 2. The van der Waals surface area contributed by atoms with Crippen molar-refractivity contribution in [2.75, 3.05) is 20.0 Å². The molecule has 1 heterocycles. The Morgan fingerprint density at radius 2 is 1.75 bits per heavy atom. The molecule has 0 aliphatic rings. The SMILES string of the molecule is COc1ccc(-c2noc(CS(=O)(=O)CCCc3ccccc3)n2)cc1OC. The average molecular weight is 402 g/mol. The van der Waals surface area contributed by atoms with Crippen molar-refractivity contribution >= 4 is 9.84 Å². The van der Waals surface area contributed by atoms with E-state index in [1.165, 1.54) is 7.11 Å². The van der Waals surface area contributed by atoms with Gasteiger partial charge in [0.1, 0.15) is 5.75 Å². The number of ether oxygens (including phenoxy) is 2. The predicted molar refractivity (Wildman–Crippen MR) is 105 cm³/mol. The van der Waals surface area contributed by atoms with Crippen molar-refractivity contribution in [3.05, 3.63) is 60.0 Å². The monoisotopic (exact) mass is 402 g/mol. The number of nitrogens with zero attached hydrogens (tertiary/aromatic N) is 2. The zero-order valence-corrected chi connectivity index (χ0v) is 16.6. The molecule has 0 unspecified atom stereocenters. The van der Waals surface area contributed by atoms with Gasteiger partial charge in [0.05, 0.1) is 20.0 Å². The molecule has 148 valence electrons. The van der Waals surface area contributed by atoms with E-state index in [1.807, 2.05) is 30.3 Å². The summed E-state index contributed by atoms with van der Waals surface area (Å²) in [6.45, 7) is 0. The number of aromatic nitrogens is 2. The fraction of sp³-hybridized carbons (Fsp3) is 0.300. The highest BCUT2D eigenvalue weighted by Crippen LogP contribution is 2.31. The van der Waals surface area contributed by atoms with Crippen molar-refractivity contribution in [2.24, 2.45) is 0 Å². The molecule has 1 aromatic heterocycles. The Hall–Kier alpha value is -2.87. The van der Waals surface area contributed by atoms with Crippen LogP contribution in [0, 0.1) is 0 Å². The van der Waals surface area contributed by atoms with E-state index in [4.69, 9.17) is 14.0 Å². The van der Waals surface area contributed by atoms with Crippen molar-refractivity contribution in [2.45, 2.75) is 18.6 Å². The number of sulfone groups is 1. The normalized spacial score (nSPS) is 11.4. The van der Waals surface area contributed by atoms with Gasteiger partial charge in [-0.15, -0.1) is 0 Å². The number of aryl methyl sites for hydroxylation is 1. The first-order chi connectivity index (χ1) is 13.5. The summed E-state index contributed by atoms with van der Waals surface area (Å²) >= 11 is 0. The van der Waals surface area contributed by atoms with Crippen LogP contribution in [-0.4, -0.2) is 38.5 Å². The van der Waals surface area contributed by atoms with Gasteiger partial charge < -0.3 is 14.0 Å². The Kier molecular flexibility index (Phi) is 6.30. The fourth-order valence-corrected chi connectivity index (χ4v) is 4.03. The Morgan fingerprint density at radius 1 is 1.00 bits per heavy atom. The third kappa shape index (κ3) is 5.10. The summed E-state index contributed by atoms with van der Waals surface area (Å²) in [7, 11) is -0.257. The molecule has 0 amide bonds. The maximum Gasteiger partial charge on any atom is 0.242 e. The van der Waals surface area contributed by atoms with Crippen LogP contribution in [0.2, 0.25) is 0 Å². The molecule has 0 radical (unpaired) electrons. The second kappa shape index (κ2) is 8.88. The summed E-state index contributed by atoms with van der Waals surface area (Å²) in [5.74, 6) is 1.27. The van der Waals surface area contributed by atoms with Crippen molar-refractivity contribution in [1.82, 2.24) is 10.1 Å². The lowest BCUT2D eigenvalue weighted by molar-refractivity contribution is 0.355. The molecule has 0 saturated heterocycles. The van der Waals surface area contributed by atoms with Crippen LogP contribution in [0.4, 0.5) is 0 Å². The number of hydrogen-bond donors (Lipinski definition) is 0. The molecule has 0 aliphatic carbocycles. The summed E-state index contributed by atoms with van der Waals surface area (Å²) in [6.07, 6.45) is 1.25. The molecule has 0 fully saturated rings. The largest absolute Gasteiger partial charge is 0.493 e. The van der Waals surface area contributed by atoms with E-state index in [0.29, 0.717) is 35.7 Å². The zero-order chi connectivity index (χ0) is 20.0. The summed E-state index contributed by atoms with van der Waals surface area (Å²) in [5.41, 5.74) is 1.76. The minimum Gasteiger partial charge on any atom is -0.493 e. The number of benzene rings is 2. The van der Waals surface area contributed by atoms with Gasteiger partial charge in [-0.1, -0.05) is 35.5 Å². The Balaban J connectivity index is 1.63. The Morgan fingerprint density at radius 3 is 2.46 bits per heavy atom. The van der Waals surface area contributed by atoms with Gasteiger partial charge in [0.15, 0.2) is 21.3 Å². The molecule has 0 N–H and O–H groups in total. The molecule has 7 nitrogen and oxygen atoms in total. The average Bonchev–Trinajstić information content (AvgIpc) is 3.15. The Bertz CT molecular complexity index is 1020. The summed E-state index contributed by atoms with van der Waals surface area (Å²) in [5, 5.41) is 3.88. The second-order valence-corrected chi connectivity index (χ2v) is 8.45. The maximum absolute atomic E-state index is 12.4. The fourth-order valence-electron chi connectivity index (χ4n) is 2.81. The zero-order valence-electron chi connectivity index (χ0n) is 15.8. The third-order valence-corrected chi connectivity index (χ3v) is 5.81. The van der Waals surface area contributed by atoms with Gasteiger partial charge in [0.25, 0.3) is 0 Å². The van der Waals surface area contributed by atoms with Crippen molar-refractivity contribution in [1.29, 1.82) is 0 Å². The van der Waals surface area contributed by atoms with Crippen LogP contribution in [0.15, 0.2) is 53.1 Å². The molecule has 3 aromatic rings. The minimum absolute atomic E-state index is 0.0654.